The summed E-state index contributed by atoms with van der Waals surface area (Å²) in [6.45, 7) is 8.08. The number of esters is 3. The molecule has 0 spiro atoms. The number of hydrogen-bond donors (Lipinski definition) is 2. The second-order valence-corrected chi connectivity index (χ2v) is 7.84. The topological polar surface area (TPSA) is 129 Å². The van der Waals surface area contributed by atoms with Gasteiger partial charge >= 0.3 is 17.9 Å². The van der Waals surface area contributed by atoms with Crippen LogP contribution in [0.4, 0.5) is 0 Å². The highest BCUT2D eigenvalue weighted by molar-refractivity contribution is 5.92. The molecule has 0 amide bonds. The predicted molar refractivity (Wildman–Crippen MR) is 113 cm³/mol. The fourth-order valence-corrected chi connectivity index (χ4v) is 3.66. The molecular formula is C23H30O9. The smallest absolute Gasteiger partial charge is 0.336 e. The molecule has 0 unspecified atom stereocenters. The molecule has 1 aliphatic carbocycles. The van der Waals surface area contributed by atoms with Gasteiger partial charge in [-0.2, -0.15) is 0 Å². The summed E-state index contributed by atoms with van der Waals surface area (Å²) >= 11 is 0. The Balaban J connectivity index is 2.41. The van der Waals surface area contributed by atoms with Crippen molar-refractivity contribution in [3.05, 3.63) is 47.1 Å². The lowest BCUT2D eigenvalue weighted by molar-refractivity contribution is -0.148. The van der Waals surface area contributed by atoms with Crippen molar-refractivity contribution in [3.8, 4) is 0 Å². The van der Waals surface area contributed by atoms with E-state index in [-0.39, 0.29) is 17.6 Å². The Morgan fingerprint density at radius 1 is 1.34 bits per heavy atom. The average Bonchev–Trinajstić information content (AvgIpc) is 3.00. The van der Waals surface area contributed by atoms with Crippen molar-refractivity contribution in [1.82, 2.24) is 0 Å². The van der Waals surface area contributed by atoms with Gasteiger partial charge in [-0.15, -0.1) is 0 Å². The molecule has 1 aliphatic heterocycles. The van der Waals surface area contributed by atoms with Crippen molar-refractivity contribution in [2.75, 3.05) is 13.7 Å². The number of hydrogen-bond acceptors (Lipinski definition) is 9. The summed E-state index contributed by atoms with van der Waals surface area (Å²) in [5.41, 5.74) is 1.49. The summed E-state index contributed by atoms with van der Waals surface area (Å²) in [6, 6.07) is 0. The summed E-state index contributed by atoms with van der Waals surface area (Å²) < 4.78 is 21.2. The molecule has 1 heterocycles. The van der Waals surface area contributed by atoms with Gasteiger partial charge in [0.15, 0.2) is 6.29 Å². The van der Waals surface area contributed by atoms with Gasteiger partial charge < -0.3 is 29.2 Å². The van der Waals surface area contributed by atoms with Crippen LogP contribution in [0.1, 0.15) is 33.6 Å². The van der Waals surface area contributed by atoms with Gasteiger partial charge in [0, 0.05) is 32.4 Å². The highest BCUT2D eigenvalue weighted by Crippen LogP contribution is 2.36. The largest absolute Gasteiger partial charge is 0.458 e. The Bertz CT molecular complexity index is 852. The third kappa shape index (κ3) is 6.38. The molecule has 0 aromatic carbocycles. The maximum absolute atomic E-state index is 12.7. The SMILES string of the molecule is C=C1C(=O)O[C@@H]2/C=C(/C)[C@@H](OC(C)=O)C/C=C(\C)C[C@@H](OC(=O)/C(=C/[C@@H](O)OC)CO)[C@@H]12. The number of aliphatic hydroxyl groups is 2. The van der Waals surface area contributed by atoms with Crippen molar-refractivity contribution in [1.29, 1.82) is 0 Å². The monoisotopic (exact) mass is 450 g/mol. The minimum atomic E-state index is -1.39. The molecular weight excluding hydrogens is 420 g/mol. The molecule has 9 nitrogen and oxygen atoms in total. The predicted octanol–water partition coefficient (Wildman–Crippen LogP) is 1.50. The number of fused-ring (bicyclic) bond motifs is 1. The van der Waals surface area contributed by atoms with E-state index in [0.29, 0.717) is 12.0 Å². The lowest BCUT2D eigenvalue weighted by Gasteiger charge is -2.28. The Hall–Kier alpha value is -2.75. The highest BCUT2D eigenvalue weighted by Gasteiger charge is 2.45. The van der Waals surface area contributed by atoms with Crippen LogP contribution in [0.15, 0.2) is 47.1 Å². The zero-order chi connectivity index (χ0) is 24.0. The van der Waals surface area contributed by atoms with Gasteiger partial charge in [0.25, 0.3) is 0 Å². The number of aliphatic hydroxyl groups excluding tert-OH is 2. The van der Waals surface area contributed by atoms with Crippen LogP contribution in [-0.4, -0.2) is 66.4 Å². The van der Waals surface area contributed by atoms with Gasteiger partial charge in [-0.25, -0.2) is 9.59 Å². The maximum Gasteiger partial charge on any atom is 0.336 e. The van der Waals surface area contributed by atoms with E-state index in [4.69, 9.17) is 14.2 Å². The number of rotatable bonds is 6. The van der Waals surface area contributed by atoms with Gasteiger partial charge in [-0.1, -0.05) is 18.2 Å². The number of ether oxygens (including phenoxy) is 4. The Morgan fingerprint density at radius 3 is 2.62 bits per heavy atom. The molecule has 0 aromatic heterocycles. The molecule has 0 aromatic rings. The van der Waals surface area contributed by atoms with Crippen molar-refractivity contribution < 1.29 is 43.5 Å². The van der Waals surface area contributed by atoms with Gasteiger partial charge in [-0.3, -0.25) is 4.79 Å². The third-order valence-corrected chi connectivity index (χ3v) is 5.39. The van der Waals surface area contributed by atoms with E-state index >= 15 is 0 Å². The van der Waals surface area contributed by atoms with Crippen LogP contribution < -0.4 is 0 Å². The summed E-state index contributed by atoms with van der Waals surface area (Å²) in [5.74, 6) is -2.58. The Labute approximate surface area is 187 Å². The fourth-order valence-electron chi connectivity index (χ4n) is 3.66. The fraction of sp³-hybridized carbons (Fsp3) is 0.522. The number of carbonyl (C=O) groups excluding carboxylic acids is 3. The van der Waals surface area contributed by atoms with E-state index in [1.165, 1.54) is 14.0 Å². The summed E-state index contributed by atoms with van der Waals surface area (Å²) in [5, 5.41) is 19.1. The van der Waals surface area contributed by atoms with Crippen LogP contribution in [-0.2, 0) is 33.3 Å². The first-order valence-electron chi connectivity index (χ1n) is 10.2. The molecule has 1 fully saturated rings. The molecule has 1 saturated heterocycles. The Kier molecular flexibility index (Phi) is 8.94. The maximum atomic E-state index is 12.7. The van der Waals surface area contributed by atoms with Crippen LogP contribution in [0.25, 0.3) is 0 Å². The van der Waals surface area contributed by atoms with Gasteiger partial charge in [-0.05, 0) is 31.6 Å². The summed E-state index contributed by atoms with van der Waals surface area (Å²) in [7, 11) is 1.24. The molecule has 2 rings (SSSR count). The summed E-state index contributed by atoms with van der Waals surface area (Å²) in [4.78, 5) is 36.5. The van der Waals surface area contributed by atoms with E-state index in [2.05, 4.69) is 11.3 Å². The van der Waals surface area contributed by atoms with E-state index in [1.54, 1.807) is 13.0 Å². The molecule has 9 heteroatoms. The second-order valence-electron chi connectivity index (χ2n) is 7.84. The van der Waals surface area contributed by atoms with E-state index in [1.807, 2.05) is 13.0 Å². The first-order chi connectivity index (χ1) is 15.1. The average molecular weight is 450 g/mol. The molecule has 0 saturated carbocycles. The van der Waals surface area contributed by atoms with Crippen molar-refractivity contribution in [2.45, 2.75) is 58.2 Å². The van der Waals surface area contributed by atoms with Crippen LogP contribution >= 0.6 is 0 Å². The molecule has 0 radical (unpaired) electrons. The first-order valence-corrected chi connectivity index (χ1v) is 10.2. The van der Waals surface area contributed by atoms with E-state index in [9.17, 15) is 24.6 Å². The highest BCUT2D eigenvalue weighted by atomic mass is 16.6. The lowest BCUT2D eigenvalue weighted by Crippen LogP contribution is -2.35. The zero-order valence-corrected chi connectivity index (χ0v) is 18.7. The molecule has 0 bridgehead atoms. The molecule has 32 heavy (non-hydrogen) atoms. The normalized spacial score (nSPS) is 30.8. The first kappa shape index (κ1) is 25.5. The quantitative estimate of drug-likeness (QED) is 0.203. The van der Waals surface area contributed by atoms with E-state index in [0.717, 1.165) is 11.6 Å². The van der Waals surface area contributed by atoms with Crippen LogP contribution in [0, 0.1) is 5.92 Å². The second kappa shape index (κ2) is 11.2. The Morgan fingerprint density at radius 2 is 2.03 bits per heavy atom. The standard InChI is InChI=1S/C23H30O9/c1-12-6-7-17(30-15(4)25)13(2)9-19-21(14(3)22(27)31-19)18(8-12)32-23(28)16(11-24)10-20(26)29-5/h6,9-10,17-21,24,26H,3,7-8,11H2,1-2,4-5H3/b12-6+,13-9-,16-10+/t17-,18+,19+,20-,21+/m0/s1. The van der Waals surface area contributed by atoms with Gasteiger partial charge in [0.1, 0.15) is 18.3 Å². The zero-order valence-electron chi connectivity index (χ0n) is 18.7. The van der Waals surface area contributed by atoms with Gasteiger partial charge in [0.2, 0.25) is 0 Å². The van der Waals surface area contributed by atoms with E-state index < -0.39 is 55.0 Å². The molecule has 2 aliphatic rings. The molecule has 2 N–H and O–H groups in total. The number of methoxy groups -OCH3 is 1. The van der Waals surface area contributed by atoms with Crippen LogP contribution in [0.5, 0.6) is 0 Å². The molecule has 5 atom stereocenters. The van der Waals surface area contributed by atoms with Crippen molar-refractivity contribution in [2.24, 2.45) is 5.92 Å². The summed E-state index contributed by atoms with van der Waals surface area (Å²) in [6.07, 6.45) is 1.75. The van der Waals surface area contributed by atoms with Crippen molar-refractivity contribution in [3.63, 3.8) is 0 Å². The van der Waals surface area contributed by atoms with Crippen LogP contribution in [0.3, 0.4) is 0 Å². The molecule has 176 valence electrons. The lowest BCUT2D eigenvalue weighted by atomic mass is 9.85. The minimum Gasteiger partial charge on any atom is -0.458 e. The van der Waals surface area contributed by atoms with Crippen molar-refractivity contribution >= 4 is 17.9 Å². The minimum absolute atomic E-state index is 0.153. The van der Waals surface area contributed by atoms with Gasteiger partial charge in [0.05, 0.1) is 18.1 Å². The van der Waals surface area contributed by atoms with Crippen LogP contribution in [0.2, 0.25) is 0 Å². The third-order valence-electron chi connectivity index (χ3n) is 5.39. The number of carbonyl (C=O) groups is 3.